The average Bonchev–Trinajstić information content (AvgIpc) is 2.68. The smallest absolute Gasteiger partial charge is 0.246 e. The van der Waals surface area contributed by atoms with E-state index in [2.05, 4.69) is 33.0 Å². The van der Waals surface area contributed by atoms with Gasteiger partial charge < -0.3 is 4.90 Å². The van der Waals surface area contributed by atoms with Gasteiger partial charge in [0.25, 0.3) is 0 Å². The first-order valence-electron chi connectivity index (χ1n) is 8.65. The van der Waals surface area contributed by atoms with Crippen LogP contribution < -0.4 is 0 Å². The summed E-state index contributed by atoms with van der Waals surface area (Å²) < 4.78 is 0.919. The summed E-state index contributed by atoms with van der Waals surface area (Å²) in [7, 11) is 0. The molecule has 0 radical (unpaired) electrons. The van der Waals surface area contributed by atoms with Crippen LogP contribution >= 0.6 is 15.9 Å². The molecular weight excluding hydrogens is 392 g/mol. The molecule has 1 amide bonds. The van der Waals surface area contributed by atoms with E-state index in [-0.39, 0.29) is 11.7 Å². The molecule has 0 spiro atoms. The lowest BCUT2D eigenvalue weighted by molar-refractivity contribution is -0.127. The van der Waals surface area contributed by atoms with Gasteiger partial charge >= 0.3 is 0 Å². The lowest BCUT2D eigenvalue weighted by Crippen LogP contribution is -2.47. The number of halogens is 1. The molecule has 134 valence electrons. The van der Waals surface area contributed by atoms with Crippen molar-refractivity contribution in [3.8, 4) is 0 Å². The Morgan fingerprint density at radius 2 is 1.54 bits per heavy atom. The van der Waals surface area contributed by atoms with E-state index in [0.29, 0.717) is 18.7 Å². The van der Waals surface area contributed by atoms with Crippen LogP contribution in [-0.4, -0.2) is 47.7 Å². The van der Waals surface area contributed by atoms with Crippen molar-refractivity contribution in [2.45, 2.75) is 6.54 Å². The van der Waals surface area contributed by atoms with Crippen LogP contribution in [0.15, 0.2) is 71.2 Å². The molecule has 5 heteroatoms. The molecule has 2 aromatic carbocycles. The molecule has 0 aromatic heterocycles. The van der Waals surface area contributed by atoms with Gasteiger partial charge in [-0.3, -0.25) is 14.5 Å². The zero-order valence-electron chi connectivity index (χ0n) is 14.5. The third-order valence-electron chi connectivity index (χ3n) is 4.44. The van der Waals surface area contributed by atoms with E-state index in [9.17, 15) is 9.59 Å². The van der Waals surface area contributed by atoms with E-state index in [0.717, 1.165) is 24.1 Å². The topological polar surface area (TPSA) is 40.6 Å². The maximum atomic E-state index is 12.3. The fourth-order valence-corrected chi connectivity index (χ4v) is 3.20. The number of hydrogen-bond donors (Lipinski definition) is 0. The van der Waals surface area contributed by atoms with Crippen LogP contribution in [0.3, 0.4) is 0 Å². The van der Waals surface area contributed by atoms with Gasteiger partial charge in [0.1, 0.15) is 0 Å². The number of allylic oxidation sites excluding steroid dienone is 1. The number of hydrogen-bond acceptors (Lipinski definition) is 3. The molecule has 4 nitrogen and oxygen atoms in total. The Morgan fingerprint density at radius 1 is 0.885 bits per heavy atom. The Hall–Kier alpha value is -2.24. The van der Waals surface area contributed by atoms with E-state index in [1.807, 2.05) is 30.3 Å². The summed E-state index contributed by atoms with van der Waals surface area (Å²) in [6, 6.07) is 17.4. The molecule has 1 aliphatic heterocycles. The highest BCUT2D eigenvalue weighted by atomic mass is 79.9. The SMILES string of the molecule is O=C(/C=C/C(=O)N1CCN(Cc2ccccc2)CC1)c1ccc(Br)cc1. The Balaban J connectivity index is 1.48. The van der Waals surface area contributed by atoms with Crippen LogP contribution in [0.5, 0.6) is 0 Å². The first-order valence-corrected chi connectivity index (χ1v) is 9.44. The van der Waals surface area contributed by atoms with Gasteiger partial charge in [0.05, 0.1) is 0 Å². The van der Waals surface area contributed by atoms with E-state index in [1.54, 1.807) is 17.0 Å². The predicted octanol–water partition coefficient (Wildman–Crippen LogP) is 3.53. The number of nitrogens with zero attached hydrogens (tertiary/aromatic N) is 2. The lowest BCUT2D eigenvalue weighted by Gasteiger charge is -2.34. The Kier molecular flexibility index (Phi) is 6.36. The standard InChI is InChI=1S/C21H21BrN2O2/c22-19-8-6-18(7-9-19)20(25)10-11-21(26)24-14-12-23(13-15-24)16-17-4-2-1-3-5-17/h1-11H,12-16H2/b11-10+. The molecule has 0 unspecified atom stereocenters. The second-order valence-electron chi connectivity index (χ2n) is 6.29. The fourth-order valence-electron chi connectivity index (χ4n) is 2.93. The third kappa shape index (κ3) is 5.13. The number of rotatable bonds is 5. The van der Waals surface area contributed by atoms with Crippen molar-refractivity contribution < 1.29 is 9.59 Å². The number of carbonyl (C=O) groups is 2. The minimum Gasteiger partial charge on any atom is -0.337 e. The van der Waals surface area contributed by atoms with Crippen LogP contribution in [-0.2, 0) is 11.3 Å². The largest absolute Gasteiger partial charge is 0.337 e. The summed E-state index contributed by atoms with van der Waals surface area (Å²) in [6.07, 6.45) is 2.75. The molecule has 26 heavy (non-hydrogen) atoms. The summed E-state index contributed by atoms with van der Waals surface area (Å²) in [4.78, 5) is 28.6. The summed E-state index contributed by atoms with van der Waals surface area (Å²) in [5, 5.41) is 0. The monoisotopic (exact) mass is 412 g/mol. The lowest BCUT2D eigenvalue weighted by atomic mass is 10.1. The number of ketones is 1. The second-order valence-corrected chi connectivity index (χ2v) is 7.21. The highest BCUT2D eigenvalue weighted by Crippen LogP contribution is 2.12. The van der Waals surface area contributed by atoms with Crippen LogP contribution in [0, 0.1) is 0 Å². The van der Waals surface area contributed by atoms with Crippen LogP contribution in [0.25, 0.3) is 0 Å². The first-order chi connectivity index (χ1) is 12.6. The average molecular weight is 413 g/mol. The van der Waals surface area contributed by atoms with E-state index in [1.165, 1.54) is 17.7 Å². The van der Waals surface area contributed by atoms with Crippen molar-refractivity contribution in [2.24, 2.45) is 0 Å². The summed E-state index contributed by atoms with van der Waals surface area (Å²) in [6.45, 7) is 3.95. The molecule has 1 fully saturated rings. The number of carbonyl (C=O) groups excluding carboxylic acids is 2. The van der Waals surface area contributed by atoms with Crippen molar-refractivity contribution in [1.82, 2.24) is 9.80 Å². The molecular formula is C21H21BrN2O2. The molecule has 1 saturated heterocycles. The van der Waals surface area contributed by atoms with Gasteiger partial charge in [-0.15, -0.1) is 0 Å². The third-order valence-corrected chi connectivity index (χ3v) is 4.97. The number of benzene rings is 2. The molecule has 1 aliphatic rings. The molecule has 0 N–H and O–H groups in total. The van der Waals surface area contributed by atoms with Gasteiger partial charge in [-0.25, -0.2) is 0 Å². The summed E-state index contributed by atoms with van der Waals surface area (Å²) in [5.74, 6) is -0.261. The highest BCUT2D eigenvalue weighted by Gasteiger charge is 2.19. The van der Waals surface area contributed by atoms with Crippen LogP contribution in [0.2, 0.25) is 0 Å². The quantitative estimate of drug-likeness (QED) is 0.556. The predicted molar refractivity (Wildman–Crippen MR) is 106 cm³/mol. The number of amides is 1. The van der Waals surface area contributed by atoms with Crippen molar-refractivity contribution in [1.29, 1.82) is 0 Å². The molecule has 2 aromatic rings. The molecule has 1 heterocycles. The Morgan fingerprint density at radius 3 is 2.19 bits per heavy atom. The second kappa shape index (κ2) is 8.92. The van der Waals surface area contributed by atoms with E-state index in [4.69, 9.17) is 0 Å². The molecule has 0 atom stereocenters. The maximum Gasteiger partial charge on any atom is 0.246 e. The fraction of sp³-hybridized carbons (Fsp3) is 0.238. The van der Waals surface area contributed by atoms with Gasteiger partial charge in [0.15, 0.2) is 5.78 Å². The van der Waals surface area contributed by atoms with Crippen molar-refractivity contribution >= 4 is 27.6 Å². The maximum absolute atomic E-state index is 12.3. The summed E-state index contributed by atoms with van der Waals surface area (Å²) in [5.41, 5.74) is 1.86. The van der Waals surface area contributed by atoms with Gasteiger partial charge in [0.2, 0.25) is 5.91 Å². The van der Waals surface area contributed by atoms with Crippen LogP contribution in [0.1, 0.15) is 15.9 Å². The van der Waals surface area contributed by atoms with Crippen LogP contribution in [0.4, 0.5) is 0 Å². The molecule has 0 aliphatic carbocycles. The Bertz CT molecular complexity index is 779. The minimum atomic E-state index is -0.159. The Labute approximate surface area is 162 Å². The first kappa shape index (κ1) is 18.5. The molecule has 0 bridgehead atoms. The van der Waals surface area contributed by atoms with Crippen molar-refractivity contribution in [2.75, 3.05) is 26.2 Å². The van der Waals surface area contributed by atoms with E-state index < -0.39 is 0 Å². The highest BCUT2D eigenvalue weighted by molar-refractivity contribution is 9.10. The molecule has 0 saturated carbocycles. The normalized spacial score (nSPS) is 15.3. The zero-order valence-corrected chi connectivity index (χ0v) is 16.1. The van der Waals surface area contributed by atoms with E-state index >= 15 is 0 Å². The number of piperazine rings is 1. The zero-order chi connectivity index (χ0) is 18.4. The molecule has 3 rings (SSSR count). The van der Waals surface area contributed by atoms with Gasteiger partial charge in [-0.1, -0.05) is 46.3 Å². The van der Waals surface area contributed by atoms with Gasteiger partial charge in [-0.2, -0.15) is 0 Å². The minimum absolute atomic E-state index is 0.102. The van der Waals surface area contributed by atoms with Crippen molar-refractivity contribution in [3.63, 3.8) is 0 Å². The summed E-state index contributed by atoms with van der Waals surface area (Å²) >= 11 is 3.34. The van der Waals surface area contributed by atoms with Gasteiger partial charge in [0, 0.05) is 48.8 Å². The van der Waals surface area contributed by atoms with Gasteiger partial charge in [-0.05, 0) is 35.9 Å². The van der Waals surface area contributed by atoms with Crippen molar-refractivity contribution in [3.05, 3.63) is 82.3 Å².